The molecule has 2 aromatic rings. The van der Waals surface area contributed by atoms with Crippen molar-refractivity contribution in [3.63, 3.8) is 0 Å². The van der Waals surface area contributed by atoms with Crippen molar-refractivity contribution in [1.29, 1.82) is 0 Å². The average molecular weight is 356 g/mol. The van der Waals surface area contributed by atoms with Crippen molar-refractivity contribution < 1.29 is 9.72 Å². The Labute approximate surface area is 152 Å². The summed E-state index contributed by atoms with van der Waals surface area (Å²) >= 11 is 0. The first-order valence-corrected chi connectivity index (χ1v) is 9.04. The summed E-state index contributed by atoms with van der Waals surface area (Å²) in [6.07, 6.45) is 5.41. The number of nitro groups is 1. The number of para-hydroxylation sites is 1. The number of aryl methyl sites for hydroxylation is 1. The molecule has 0 aliphatic heterocycles. The molecule has 26 heavy (non-hydrogen) atoms. The van der Waals surface area contributed by atoms with Crippen LogP contribution in [0.1, 0.15) is 43.5 Å². The Hall–Kier alpha value is -2.70. The molecule has 0 atom stereocenters. The highest BCUT2D eigenvalue weighted by molar-refractivity contribution is 5.93. The standard InChI is InChI=1S/C19H24N4O3/c1-14-19(23(25)26)15(2)21(20-14)13-18(24)22(16-9-5-3-6-10-16)17-11-7-4-8-12-17/h3,5-6,9-10,17H,4,7-8,11-13H2,1-2H3. The lowest BCUT2D eigenvalue weighted by atomic mass is 9.93. The first-order chi connectivity index (χ1) is 12.5. The van der Waals surface area contributed by atoms with Crippen LogP contribution in [0.2, 0.25) is 0 Å². The van der Waals surface area contributed by atoms with Crippen molar-refractivity contribution >= 4 is 17.3 Å². The summed E-state index contributed by atoms with van der Waals surface area (Å²) in [6.45, 7) is 3.24. The van der Waals surface area contributed by atoms with Gasteiger partial charge in [-0.2, -0.15) is 5.10 Å². The van der Waals surface area contributed by atoms with Crippen molar-refractivity contribution in [2.45, 2.75) is 58.5 Å². The Morgan fingerprint density at radius 3 is 2.46 bits per heavy atom. The van der Waals surface area contributed by atoms with Gasteiger partial charge in [0.2, 0.25) is 5.91 Å². The van der Waals surface area contributed by atoms with Crippen LogP contribution in [0.15, 0.2) is 30.3 Å². The maximum absolute atomic E-state index is 13.2. The van der Waals surface area contributed by atoms with Gasteiger partial charge >= 0.3 is 5.69 Å². The van der Waals surface area contributed by atoms with Gasteiger partial charge in [-0.25, -0.2) is 0 Å². The van der Waals surface area contributed by atoms with E-state index in [0.29, 0.717) is 11.4 Å². The van der Waals surface area contributed by atoms with Crippen LogP contribution >= 0.6 is 0 Å². The van der Waals surface area contributed by atoms with Crippen LogP contribution < -0.4 is 4.90 Å². The minimum Gasteiger partial charge on any atom is -0.308 e. The molecule has 7 heteroatoms. The van der Waals surface area contributed by atoms with Crippen LogP contribution in [-0.2, 0) is 11.3 Å². The Bertz CT molecular complexity index is 795. The lowest BCUT2D eigenvalue weighted by Gasteiger charge is -2.34. The fraction of sp³-hybridized carbons (Fsp3) is 0.474. The van der Waals surface area contributed by atoms with Gasteiger partial charge in [0.1, 0.15) is 17.9 Å². The number of carbonyl (C=O) groups excluding carboxylic acids is 1. The first kappa shape index (κ1) is 18.1. The van der Waals surface area contributed by atoms with Gasteiger partial charge in [-0.3, -0.25) is 19.6 Å². The number of anilines is 1. The fourth-order valence-electron chi connectivity index (χ4n) is 3.80. The highest BCUT2D eigenvalue weighted by Crippen LogP contribution is 2.28. The summed E-state index contributed by atoms with van der Waals surface area (Å²) < 4.78 is 1.45. The number of aromatic nitrogens is 2. The van der Waals surface area contributed by atoms with E-state index < -0.39 is 4.92 Å². The predicted molar refractivity (Wildman–Crippen MR) is 99.2 cm³/mol. The van der Waals surface area contributed by atoms with Gasteiger partial charge in [-0.05, 0) is 38.8 Å². The second-order valence-corrected chi connectivity index (χ2v) is 6.83. The number of nitrogens with zero attached hydrogens (tertiary/aromatic N) is 4. The number of rotatable bonds is 5. The zero-order valence-corrected chi connectivity index (χ0v) is 15.2. The predicted octanol–water partition coefficient (Wildman–Crippen LogP) is 3.77. The van der Waals surface area contributed by atoms with Crippen molar-refractivity contribution in [1.82, 2.24) is 9.78 Å². The molecule has 0 spiro atoms. The maximum atomic E-state index is 13.2. The summed E-state index contributed by atoms with van der Waals surface area (Å²) in [5, 5.41) is 15.4. The molecule has 0 unspecified atom stereocenters. The molecule has 1 aromatic heterocycles. The average Bonchev–Trinajstić information content (AvgIpc) is 2.90. The maximum Gasteiger partial charge on any atom is 0.312 e. The summed E-state index contributed by atoms with van der Waals surface area (Å²) in [5.74, 6) is -0.0800. The van der Waals surface area contributed by atoms with Crippen LogP contribution in [0.4, 0.5) is 11.4 Å². The van der Waals surface area contributed by atoms with Crippen LogP contribution in [0.5, 0.6) is 0 Å². The number of benzene rings is 1. The minimum atomic E-state index is -0.436. The molecular weight excluding hydrogens is 332 g/mol. The topological polar surface area (TPSA) is 81.3 Å². The van der Waals surface area contributed by atoms with Crippen molar-refractivity contribution in [3.8, 4) is 0 Å². The molecule has 1 fully saturated rings. The molecule has 1 aliphatic rings. The minimum absolute atomic E-state index is 0.00586. The van der Waals surface area contributed by atoms with E-state index in [1.165, 1.54) is 11.1 Å². The Morgan fingerprint density at radius 2 is 1.88 bits per heavy atom. The quantitative estimate of drug-likeness (QED) is 0.603. The molecule has 0 bridgehead atoms. The van der Waals surface area contributed by atoms with Crippen LogP contribution in [0, 0.1) is 24.0 Å². The van der Waals surface area contributed by atoms with Gasteiger partial charge in [0, 0.05) is 11.7 Å². The Kier molecular flexibility index (Phi) is 5.35. The van der Waals surface area contributed by atoms with Crippen molar-refractivity contribution in [3.05, 3.63) is 51.8 Å². The lowest BCUT2D eigenvalue weighted by Crippen LogP contribution is -2.43. The molecular formula is C19H24N4O3. The molecule has 1 amide bonds. The van der Waals surface area contributed by atoms with Crippen molar-refractivity contribution in [2.24, 2.45) is 0 Å². The zero-order chi connectivity index (χ0) is 18.7. The van der Waals surface area contributed by atoms with E-state index in [1.807, 2.05) is 35.2 Å². The summed E-state index contributed by atoms with van der Waals surface area (Å²) in [4.78, 5) is 25.8. The van der Waals surface area contributed by atoms with Gasteiger partial charge in [0.05, 0.1) is 4.92 Å². The molecule has 0 radical (unpaired) electrons. The van der Waals surface area contributed by atoms with Gasteiger partial charge in [0.25, 0.3) is 0 Å². The van der Waals surface area contributed by atoms with Gasteiger partial charge in [-0.15, -0.1) is 0 Å². The second kappa shape index (κ2) is 7.68. The highest BCUT2D eigenvalue weighted by Gasteiger charge is 2.29. The number of carbonyl (C=O) groups is 1. The van der Waals surface area contributed by atoms with E-state index in [-0.39, 0.29) is 24.2 Å². The van der Waals surface area contributed by atoms with E-state index >= 15 is 0 Å². The normalized spacial score (nSPS) is 15.0. The van der Waals surface area contributed by atoms with E-state index in [1.54, 1.807) is 13.8 Å². The molecule has 3 rings (SSSR count). The van der Waals surface area contributed by atoms with Gasteiger partial charge in [-0.1, -0.05) is 37.5 Å². The summed E-state index contributed by atoms with van der Waals surface area (Å²) in [5.41, 5.74) is 1.61. The van der Waals surface area contributed by atoms with Gasteiger partial charge < -0.3 is 4.90 Å². The highest BCUT2D eigenvalue weighted by atomic mass is 16.6. The van der Waals surface area contributed by atoms with E-state index in [0.717, 1.165) is 31.4 Å². The monoisotopic (exact) mass is 356 g/mol. The molecule has 138 valence electrons. The van der Waals surface area contributed by atoms with Crippen LogP contribution in [0.25, 0.3) is 0 Å². The Morgan fingerprint density at radius 1 is 1.23 bits per heavy atom. The number of hydrogen-bond donors (Lipinski definition) is 0. The van der Waals surface area contributed by atoms with Crippen molar-refractivity contribution in [2.75, 3.05) is 4.90 Å². The number of amides is 1. The summed E-state index contributed by atoms with van der Waals surface area (Å²) in [7, 11) is 0. The van der Waals surface area contributed by atoms with Gasteiger partial charge in [0.15, 0.2) is 0 Å². The third-order valence-electron chi connectivity index (χ3n) is 5.05. The van der Waals surface area contributed by atoms with Crippen LogP contribution in [-0.4, -0.2) is 26.7 Å². The fourth-order valence-corrected chi connectivity index (χ4v) is 3.80. The molecule has 7 nitrogen and oxygen atoms in total. The largest absolute Gasteiger partial charge is 0.312 e. The lowest BCUT2D eigenvalue weighted by molar-refractivity contribution is -0.386. The zero-order valence-electron chi connectivity index (χ0n) is 15.2. The summed E-state index contributed by atoms with van der Waals surface area (Å²) in [6, 6.07) is 9.83. The molecule has 1 aromatic carbocycles. The number of hydrogen-bond acceptors (Lipinski definition) is 4. The van der Waals surface area contributed by atoms with Crippen LogP contribution in [0.3, 0.4) is 0 Å². The molecule has 1 aliphatic carbocycles. The first-order valence-electron chi connectivity index (χ1n) is 9.04. The SMILES string of the molecule is Cc1nn(CC(=O)N(c2ccccc2)C2CCCCC2)c(C)c1[N+](=O)[O-]. The van der Waals surface area contributed by atoms with E-state index in [4.69, 9.17) is 0 Å². The Balaban J connectivity index is 1.89. The third-order valence-corrected chi connectivity index (χ3v) is 5.05. The third kappa shape index (κ3) is 3.61. The van der Waals surface area contributed by atoms with E-state index in [9.17, 15) is 14.9 Å². The van der Waals surface area contributed by atoms with E-state index in [2.05, 4.69) is 5.10 Å². The molecule has 0 saturated heterocycles. The second-order valence-electron chi connectivity index (χ2n) is 6.83. The smallest absolute Gasteiger partial charge is 0.308 e. The molecule has 0 N–H and O–H groups in total. The molecule has 1 heterocycles. The molecule has 1 saturated carbocycles.